The van der Waals surface area contributed by atoms with Crippen molar-refractivity contribution in [2.24, 2.45) is 0 Å². The summed E-state index contributed by atoms with van der Waals surface area (Å²) in [5.74, 6) is -7.01. The van der Waals surface area contributed by atoms with Gasteiger partial charge in [-0.3, -0.25) is 4.79 Å². The number of benzene rings is 2. The Morgan fingerprint density at radius 3 is 2.37 bits per heavy atom. The van der Waals surface area contributed by atoms with Gasteiger partial charge >= 0.3 is 0 Å². The minimum Gasteiger partial charge on any atom is -0.339 e. The van der Waals surface area contributed by atoms with Crippen LogP contribution >= 0.6 is 0 Å². The number of nitrogens with one attached hydrogen (secondary N) is 1. The smallest absolute Gasteiger partial charge is 0.274 e. The van der Waals surface area contributed by atoms with Gasteiger partial charge in [-0.25, -0.2) is 17.6 Å². The lowest BCUT2D eigenvalue weighted by Gasteiger charge is -2.08. The van der Waals surface area contributed by atoms with Crippen LogP contribution in [-0.2, 0) is 0 Å². The van der Waals surface area contributed by atoms with E-state index in [9.17, 15) is 22.4 Å². The van der Waals surface area contributed by atoms with Gasteiger partial charge in [0.2, 0.25) is 0 Å². The van der Waals surface area contributed by atoms with E-state index < -0.39 is 34.4 Å². The monoisotopic (exact) mass is 373 g/mol. The quantitative estimate of drug-likeness (QED) is 0.325. The number of halogens is 4. The van der Waals surface area contributed by atoms with Gasteiger partial charge in [0.25, 0.3) is 5.56 Å². The van der Waals surface area contributed by atoms with Crippen molar-refractivity contribution in [3.05, 3.63) is 81.8 Å². The number of hydrogen-bond donors (Lipinski definition) is 1. The highest BCUT2D eigenvalue weighted by atomic mass is 19.2. The Morgan fingerprint density at radius 1 is 0.963 bits per heavy atom. The van der Waals surface area contributed by atoms with Crippen LogP contribution in [0.25, 0.3) is 28.0 Å². The SMILES string of the molecule is Cc1nn2c(=O)cc(-c3cc(F)c(F)c(F)c3F)[nH]c2c1-c1ccccc1. The van der Waals surface area contributed by atoms with E-state index in [2.05, 4.69) is 10.1 Å². The molecule has 2 aromatic heterocycles. The zero-order valence-electron chi connectivity index (χ0n) is 13.9. The van der Waals surface area contributed by atoms with Gasteiger partial charge in [-0.05, 0) is 18.6 Å². The lowest BCUT2D eigenvalue weighted by atomic mass is 10.1. The highest BCUT2D eigenvalue weighted by Gasteiger charge is 2.22. The molecule has 0 bridgehead atoms. The lowest BCUT2D eigenvalue weighted by molar-refractivity contribution is 0.410. The van der Waals surface area contributed by atoms with Gasteiger partial charge in [0, 0.05) is 17.2 Å². The molecule has 4 aromatic rings. The number of aryl methyl sites for hydroxylation is 1. The fourth-order valence-electron chi connectivity index (χ4n) is 3.01. The van der Waals surface area contributed by atoms with E-state index in [4.69, 9.17) is 0 Å². The largest absolute Gasteiger partial charge is 0.339 e. The maximum absolute atomic E-state index is 14.2. The molecule has 136 valence electrons. The van der Waals surface area contributed by atoms with Crippen LogP contribution in [-0.4, -0.2) is 14.6 Å². The predicted octanol–water partition coefficient (Wildman–Crippen LogP) is 4.22. The first-order chi connectivity index (χ1) is 12.9. The third-order valence-corrected chi connectivity index (χ3v) is 4.25. The molecule has 2 heterocycles. The molecule has 27 heavy (non-hydrogen) atoms. The summed E-state index contributed by atoms with van der Waals surface area (Å²) in [5.41, 5.74) is 0.666. The molecule has 4 nitrogen and oxygen atoms in total. The van der Waals surface area contributed by atoms with Crippen LogP contribution in [0.5, 0.6) is 0 Å². The zero-order valence-corrected chi connectivity index (χ0v) is 13.9. The minimum atomic E-state index is -1.95. The number of rotatable bonds is 2. The highest BCUT2D eigenvalue weighted by molar-refractivity contribution is 5.81. The Kier molecular flexibility index (Phi) is 3.83. The minimum absolute atomic E-state index is 0.195. The van der Waals surface area contributed by atoms with Gasteiger partial charge in [-0.2, -0.15) is 9.61 Å². The second-order valence-corrected chi connectivity index (χ2v) is 5.96. The van der Waals surface area contributed by atoms with Crippen molar-refractivity contribution in [2.45, 2.75) is 6.92 Å². The molecule has 2 aromatic carbocycles. The summed E-state index contributed by atoms with van der Waals surface area (Å²) in [4.78, 5) is 15.2. The third-order valence-electron chi connectivity index (χ3n) is 4.25. The standard InChI is InChI=1S/C19H11F4N3O/c1-9-15(10-5-3-2-4-6-10)19-24-13(8-14(27)26(19)25-9)11-7-12(20)17(22)18(23)16(11)21/h2-8,24H,1H3. The first kappa shape index (κ1) is 17.0. The number of hydrogen-bond acceptors (Lipinski definition) is 2. The van der Waals surface area contributed by atoms with E-state index in [1.165, 1.54) is 0 Å². The molecule has 0 aliphatic carbocycles. The normalized spacial score (nSPS) is 11.3. The summed E-state index contributed by atoms with van der Waals surface area (Å²) in [6.45, 7) is 1.69. The van der Waals surface area contributed by atoms with E-state index in [0.717, 1.165) is 16.1 Å². The predicted molar refractivity (Wildman–Crippen MR) is 91.3 cm³/mol. The summed E-state index contributed by atoms with van der Waals surface area (Å²) in [6, 6.07) is 10.5. The molecule has 0 unspecified atom stereocenters. The van der Waals surface area contributed by atoms with E-state index in [1.807, 2.05) is 6.07 Å². The summed E-state index contributed by atoms with van der Waals surface area (Å²) in [6.07, 6.45) is 0. The molecule has 0 radical (unpaired) electrons. The Balaban J connectivity index is 2.05. The number of nitrogens with zero attached hydrogens (tertiary/aromatic N) is 2. The summed E-state index contributed by atoms with van der Waals surface area (Å²) in [7, 11) is 0. The van der Waals surface area contributed by atoms with Crippen molar-refractivity contribution >= 4 is 5.65 Å². The van der Waals surface area contributed by atoms with Crippen molar-refractivity contribution in [3.8, 4) is 22.4 Å². The first-order valence-corrected chi connectivity index (χ1v) is 7.90. The Labute approximate surface area is 149 Å². The molecule has 0 fully saturated rings. The van der Waals surface area contributed by atoms with Crippen LogP contribution in [0.1, 0.15) is 5.69 Å². The topological polar surface area (TPSA) is 50.2 Å². The van der Waals surface area contributed by atoms with Gasteiger partial charge in [0.1, 0.15) is 5.65 Å². The number of aromatic nitrogens is 3. The maximum atomic E-state index is 14.2. The van der Waals surface area contributed by atoms with Gasteiger partial charge < -0.3 is 4.98 Å². The third kappa shape index (κ3) is 2.61. The fourth-order valence-corrected chi connectivity index (χ4v) is 3.01. The van der Waals surface area contributed by atoms with Gasteiger partial charge in [-0.1, -0.05) is 30.3 Å². The van der Waals surface area contributed by atoms with Crippen molar-refractivity contribution < 1.29 is 17.6 Å². The van der Waals surface area contributed by atoms with Crippen molar-refractivity contribution in [1.82, 2.24) is 14.6 Å². The molecule has 0 saturated carbocycles. The van der Waals surface area contributed by atoms with Crippen LogP contribution in [0.4, 0.5) is 17.6 Å². The van der Waals surface area contributed by atoms with Crippen molar-refractivity contribution in [3.63, 3.8) is 0 Å². The Bertz CT molecular complexity index is 1250. The molecule has 8 heteroatoms. The van der Waals surface area contributed by atoms with E-state index >= 15 is 0 Å². The average molecular weight is 373 g/mol. The molecular formula is C19H11F4N3O. The molecule has 0 saturated heterocycles. The van der Waals surface area contributed by atoms with E-state index in [-0.39, 0.29) is 11.3 Å². The van der Waals surface area contributed by atoms with Crippen LogP contribution < -0.4 is 5.56 Å². The number of H-pyrrole nitrogens is 1. The highest BCUT2D eigenvalue weighted by Crippen LogP contribution is 2.30. The van der Waals surface area contributed by atoms with E-state index in [1.54, 1.807) is 31.2 Å². The number of aromatic amines is 1. The van der Waals surface area contributed by atoms with Gasteiger partial charge in [-0.15, -0.1) is 0 Å². The van der Waals surface area contributed by atoms with Gasteiger partial charge in [0.15, 0.2) is 23.3 Å². The molecule has 4 rings (SSSR count). The molecule has 0 aliphatic heterocycles. The maximum Gasteiger partial charge on any atom is 0.274 e. The van der Waals surface area contributed by atoms with Crippen molar-refractivity contribution in [1.29, 1.82) is 0 Å². The molecular weight excluding hydrogens is 362 g/mol. The average Bonchev–Trinajstić information content (AvgIpc) is 3.00. The summed E-state index contributed by atoms with van der Waals surface area (Å²) in [5, 5.41) is 4.17. The fraction of sp³-hybridized carbons (Fsp3) is 0.0526. The first-order valence-electron chi connectivity index (χ1n) is 7.90. The van der Waals surface area contributed by atoms with Crippen LogP contribution in [0.3, 0.4) is 0 Å². The molecule has 0 atom stereocenters. The summed E-state index contributed by atoms with van der Waals surface area (Å²) < 4.78 is 55.7. The van der Waals surface area contributed by atoms with Crippen LogP contribution in [0.2, 0.25) is 0 Å². The number of fused-ring (bicyclic) bond motifs is 1. The van der Waals surface area contributed by atoms with Crippen LogP contribution in [0, 0.1) is 30.2 Å². The molecule has 0 spiro atoms. The van der Waals surface area contributed by atoms with Crippen molar-refractivity contribution in [2.75, 3.05) is 0 Å². The lowest BCUT2D eigenvalue weighted by Crippen LogP contribution is -2.15. The Hall–Kier alpha value is -3.42. The molecule has 0 amide bonds. The molecule has 0 aliphatic rings. The molecule has 1 N–H and O–H groups in total. The second-order valence-electron chi connectivity index (χ2n) is 5.96. The zero-order chi connectivity index (χ0) is 19.3. The van der Waals surface area contributed by atoms with Crippen LogP contribution in [0.15, 0.2) is 47.3 Å². The van der Waals surface area contributed by atoms with E-state index in [0.29, 0.717) is 17.3 Å². The second kappa shape index (κ2) is 6.08. The van der Waals surface area contributed by atoms with Gasteiger partial charge in [0.05, 0.1) is 11.4 Å². The summed E-state index contributed by atoms with van der Waals surface area (Å²) >= 11 is 0. The Morgan fingerprint density at radius 2 is 1.67 bits per heavy atom.